The van der Waals surface area contributed by atoms with Gasteiger partial charge >= 0.3 is 5.97 Å². The van der Waals surface area contributed by atoms with Crippen molar-refractivity contribution >= 4 is 61.7 Å². The monoisotopic (exact) mass is 433 g/mol. The van der Waals surface area contributed by atoms with Crippen LogP contribution in [0, 0.1) is 0 Å². The number of fused-ring (bicyclic) bond motifs is 1. The van der Waals surface area contributed by atoms with E-state index in [-0.39, 0.29) is 18.1 Å². The van der Waals surface area contributed by atoms with Crippen molar-refractivity contribution in [2.75, 3.05) is 11.9 Å². The summed E-state index contributed by atoms with van der Waals surface area (Å²) >= 11 is 13.4. The Morgan fingerprint density at radius 2 is 1.93 bits per heavy atom. The average Bonchev–Trinajstić information content (AvgIpc) is 3.26. The summed E-state index contributed by atoms with van der Waals surface area (Å²) in [4.78, 5) is 17.1. The van der Waals surface area contributed by atoms with E-state index in [0.29, 0.717) is 26.4 Å². The fourth-order valence-electron chi connectivity index (χ4n) is 2.62. The smallest absolute Gasteiger partial charge is 0.346 e. The van der Waals surface area contributed by atoms with Crippen molar-refractivity contribution in [2.24, 2.45) is 0 Å². The van der Waals surface area contributed by atoms with Crippen LogP contribution in [0.2, 0.25) is 10.0 Å². The summed E-state index contributed by atoms with van der Waals surface area (Å²) in [5.74, 6) is -0.381. The normalized spacial score (nSPS) is 11.0. The minimum Gasteiger partial charge on any atom is -0.462 e. The third-order valence-electron chi connectivity index (χ3n) is 3.86. The minimum atomic E-state index is -0.541. The summed E-state index contributed by atoms with van der Waals surface area (Å²) in [5, 5.41) is 8.84. The number of hydrogen-bond acceptors (Lipinski definition) is 7. The Balaban J connectivity index is 1.75. The number of benzene rings is 2. The molecule has 28 heavy (non-hydrogen) atoms. The molecule has 6 nitrogen and oxygen atoms in total. The van der Waals surface area contributed by atoms with Gasteiger partial charge in [-0.1, -0.05) is 51.8 Å². The maximum atomic E-state index is 12.6. The van der Waals surface area contributed by atoms with Gasteiger partial charge in [0.2, 0.25) is 5.88 Å². The van der Waals surface area contributed by atoms with E-state index in [4.69, 9.17) is 32.5 Å². The predicted molar refractivity (Wildman–Crippen MR) is 111 cm³/mol. The molecule has 0 atom stereocenters. The molecule has 0 saturated heterocycles. The highest BCUT2D eigenvalue weighted by Gasteiger charge is 2.26. The van der Waals surface area contributed by atoms with E-state index in [1.807, 2.05) is 12.1 Å². The van der Waals surface area contributed by atoms with Crippen molar-refractivity contribution in [3.63, 3.8) is 0 Å². The number of thiazole rings is 1. The van der Waals surface area contributed by atoms with Crippen LogP contribution in [0.3, 0.4) is 0 Å². The number of nitrogens with zero attached hydrogens (tertiary/aromatic N) is 2. The summed E-state index contributed by atoms with van der Waals surface area (Å²) in [7, 11) is 0. The van der Waals surface area contributed by atoms with Crippen molar-refractivity contribution in [1.82, 2.24) is 10.1 Å². The highest BCUT2D eigenvalue weighted by Crippen LogP contribution is 2.35. The van der Waals surface area contributed by atoms with Gasteiger partial charge < -0.3 is 9.26 Å². The largest absolute Gasteiger partial charge is 0.462 e. The third kappa shape index (κ3) is 3.69. The molecule has 2 aromatic carbocycles. The Kier molecular flexibility index (Phi) is 5.21. The van der Waals surface area contributed by atoms with Gasteiger partial charge in [0.15, 0.2) is 10.7 Å². The number of rotatable bonds is 5. The molecule has 4 rings (SSSR count). The highest BCUT2D eigenvalue weighted by molar-refractivity contribution is 7.22. The number of anilines is 2. The van der Waals surface area contributed by atoms with Crippen molar-refractivity contribution in [1.29, 1.82) is 0 Å². The first-order chi connectivity index (χ1) is 13.5. The summed E-state index contributed by atoms with van der Waals surface area (Å²) in [6.07, 6.45) is 0. The summed E-state index contributed by atoms with van der Waals surface area (Å²) in [6, 6.07) is 12.4. The van der Waals surface area contributed by atoms with Gasteiger partial charge in [-0.3, -0.25) is 5.32 Å². The van der Waals surface area contributed by atoms with Gasteiger partial charge in [0, 0.05) is 15.6 Å². The van der Waals surface area contributed by atoms with Crippen LogP contribution in [-0.2, 0) is 4.74 Å². The highest BCUT2D eigenvalue weighted by atomic mass is 35.5. The lowest BCUT2D eigenvalue weighted by molar-refractivity contribution is 0.0528. The van der Waals surface area contributed by atoms with Gasteiger partial charge in [0.05, 0.1) is 16.8 Å². The molecule has 0 aliphatic carbocycles. The Labute approximate surface area is 174 Å². The van der Waals surface area contributed by atoms with E-state index in [1.165, 1.54) is 11.3 Å². The summed E-state index contributed by atoms with van der Waals surface area (Å²) in [6.45, 7) is 1.96. The molecule has 0 amide bonds. The molecule has 142 valence electrons. The topological polar surface area (TPSA) is 77.2 Å². The van der Waals surface area contributed by atoms with Crippen LogP contribution in [-0.4, -0.2) is 22.7 Å². The number of esters is 1. The Hall–Kier alpha value is -2.61. The number of halogens is 2. The lowest BCUT2D eigenvalue weighted by atomic mass is 10.1. The third-order valence-corrected chi connectivity index (χ3v) is 5.28. The second kappa shape index (κ2) is 7.79. The predicted octanol–water partition coefficient (Wildman–Crippen LogP) is 6.18. The van der Waals surface area contributed by atoms with Crippen LogP contribution in [0.25, 0.3) is 21.5 Å². The van der Waals surface area contributed by atoms with Crippen LogP contribution in [0.1, 0.15) is 17.3 Å². The van der Waals surface area contributed by atoms with Crippen molar-refractivity contribution in [3.8, 4) is 11.3 Å². The van der Waals surface area contributed by atoms with Crippen LogP contribution in [0.5, 0.6) is 0 Å². The van der Waals surface area contributed by atoms with Gasteiger partial charge in [-0.2, -0.15) is 0 Å². The van der Waals surface area contributed by atoms with Crippen LogP contribution in [0.4, 0.5) is 11.0 Å². The fraction of sp³-hybridized carbons (Fsp3) is 0.105. The first-order valence-electron chi connectivity index (χ1n) is 8.31. The molecule has 4 aromatic rings. The lowest BCUT2D eigenvalue weighted by Gasteiger charge is -2.04. The van der Waals surface area contributed by atoms with Gasteiger partial charge in [-0.05, 0) is 37.3 Å². The van der Waals surface area contributed by atoms with E-state index in [2.05, 4.69) is 15.5 Å². The molecule has 0 aliphatic heterocycles. The minimum absolute atomic E-state index is 0.161. The molecule has 0 aliphatic rings. The molecule has 0 unspecified atom stereocenters. The van der Waals surface area contributed by atoms with Crippen molar-refractivity contribution < 1.29 is 14.1 Å². The summed E-state index contributed by atoms with van der Waals surface area (Å²) in [5.41, 5.74) is 2.02. The molecule has 0 radical (unpaired) electrons. The van der Waals surface area contributed by atoms with E-state index in [1.54, 1.807) is 37.3 Å². The maximum absolute atomic E-state index is 12.6. The lowest BCUT2D eigenvalue weighted by Crippen LogP contribution is -2.07. The van der Waals surface area contributed by atoms with Gasteiger partial charge in [0.25, 0.3) is 0 Å². The van der Waals surface area contributed by atoms with Crippen LogP contribution >= 0.6 is 34.5 Å². The zero-order valence-electron chi connectivity index (χ0n) is 14.5. The number of nitrogens with one attached hydrogen (secondary N) is 1. The number of hydrogen-bond donors (Lipinski definition) is 1. The van der Waals surface area contributed by atoms with E-state index >= 15 is 0 Å². The van der Waals surface area contributed by atoms with E-state index < -0.39 is 5.97 Å². The first kappa shape index (κ1) is 18.7. The number of aromatic nitrogens is 2. The SMILES string of the molecule is CCOC(=O)c1c(-c2ccc(Cl)cc2)noc1Nc1nc2ccc(Cl)cc2s1. The molecule has 1 N–H and O–H groups in total. The molecule has 0 spiro atoms. The van der Waals surface area contributed by atoms with Crippen LogP contribution in [0.15, 0.2) is 47.0 Å². The standard InChI is InChI=1S/C19H13Cl2N3O3S/c1-2-26-18(25)15-16(10-3-5-11(20)6-4-10)24-27-17(15)23-19-22-13-8-7-12(21)9-14(13)28-19/h3-9H,2H2,1H3,(H,22,23). The first-order valence-corrected chi connectivity index (χ1v) is 9.88. The Morgan fingerprint density at radius 3 is 2.68 bits per heavy atom. The molecular formula is C19H13Cl2N3O3S. The van der Waals surface area contributed by atoms with Crippen molar-refractivity contribution in [2.45, 2.75) is 6.92 Å². The Bertz CT molecular complexity index is 1160. The number of ether oxygens (including phenoxy) is 1. The van der Waals surface area contributed by atoms with Gasteiger partial charge in [-0.25, -0.2) is 9.78 Å². The Morgan fingerprint density at radius 1 is 1.18 bits per heavy atom. The molecule has 2 aromatic heterocycles. The molecule has 0 fully saturated rings. The molecular weight excluding hydrogens is 421 g/mol. The average molecular weight is 434 g/mol. The second-order valence-electron chi connectivity index (χ2n) is 5.72. The molecule has 9 heteroatoms. The molecule has 2 heterocycles. The quantitative estimate of drug-likeness (QED) is 0.378. The molecule has 0 bridgehead atoms. The van der Waals surface area contributed by atoms with Crippen molar-refractivity contribution in [3.05, 3.63) is 58.1 Å². The maximum Gasteiger partial charge on any atom is 0.346 e. The summed E-state index contributed by atoms with van der Waals surface area (Å²) < 4.78 is 11.5. The van der Waals surface area contributed by atoms with E-state index in [0.717, 1.165) is 10.2 Å². The van der Waals surface area contributed by atoms with Gasteiger partial charge in [-0.15, -0.1) is 0 Å². The zero-order chi connectivity index (χ0) is 19.7. The second-order valence-corrected chi connectivity index (χ2v) is 7.62. The number of carbonyl (C=O) groups excluding carboxylic acids is 1. The van der Waals surface area contributed by atoms with Crippen LogP contribution < -0.4 is 5.32 Å². The fourth-order valence-corrected chi connectivity index (χ4v) is 3.88. The molecule has 0 saturated carbocycles. The van der Waals surface area contributed by atoms with Gasteiger partial charge in [0.1, 0.15) is 5.69 Å². The van der Waals surface area contributed by atoms with E-state index in [9.17, 15) is 4.79 Å². The zero-order valence-corrected chi connectivity index (χ0v) is 16.9. The number of carbonyl (C=O) groups is 1.